The number of hydrogen-bond acceptors (Lipinski definition) is 6. The molecule has 19 heavy (non-hydrogen) atoms. The molecule has 2 heterocycles. The van der Waals surface area contributed by atoms with Gasteiger partial charge in [-0.15, -0.1) is 4.37 Å². The van der Waals surface area contributed by atoms with Gasteiger partial charge in [0.15, 0.2) is 0 Å². The summed E-state index contributed by atoms with van der Waals surface area (Å²) in [6.45, 7) is 0.636. The van der Waals surface area contributed by atoms with Crippen LogP contribution in [-0.2, 0) is 4.74 Å². The van der Waals surface area contributed by atoms with E-state index in [9.17, 15) is 4.79 Å². The monoisotopic (exact) mass is 277 g/mol. The maximum Gasteiger partial charge on any atom is 0.414 e. The largest absolute Gasteiger partial charge is 0.474 e. The Bertz CT molecular complexity index is 547. The second kappa shape index (κ2) is 5.23. The predicted molar refractivity (Wildman–Crippen MR) is 69.5 cm³/mol. The van der Waals surface area contributed by atoms with Crippen LogP contribution >= 0.6 is 11.7 Å². The fourth-order valence-electron chi connectivity index (χ4n) is 1.89. The Labute approximate surface area is 113 Å². The Morgan fingerprint density at radius 1 is 1.42 bits per heavy atom. The summed E-state index contributed by atoms with van der Waals surface area (Å²) in [5, 5.41) is 0. The van der Waals surface area contributed by atoms with Crippen LogP contribution in [0.3, 0.4) is 0 Å². The summed E-state index contributed by atoms with van der Waals surface area (Å²) in [7, 11) is 0. The molecule has 1 saturated heterocycles. The molecule has 1 aliphatic heterocycles. The molecule has 1 atom stereocenters. The van der Waals surface area contributed by atoms with Crippen LogP contribution in [0.5, 0.6) is 5.88 Å². The van der Waals surface area contributed by atoms with E-state index in [1.165, 1.54) is 0 Å². The summed E-state index contributed by atoms with van der Waals surface area (Å²) in [5.41, 5.74) is 0.801. The Morgan fingerprint density at radius 2 is 2.26 bits per heavy atom. The van der Waals surface area contributed by atoms with Gasteiger partial charge in [0.2, 0.25) is 5.88 Å². The van der Waals surface area contributed by atoms with Crippen molar-refractivity contribution in [1.29, 1.82) is 0 Å². The van der Waals surface area contributed by atoms with Crippen molar-refractivity contribution < 1.29 is 14.3 Å². The van der Waals surface area contributed by atoms with Crippen molar-refractivity contribution in [3.05, 3.63) is 36.5 Å². The van der Waals surface area contributed by atoms with E-state index in [1.54, 1.807) is 11.1 Å². The topological polar surface area (TPSA) is 64.5 Å². The number of nitrogens with zero attached hydrogens (tertiary/aromatic N) is 3. The standard InChI is InChI=1S/C12H11N3O3S/c16-12-15(9-4-2-1-3-5-9)10(8-18-12)7-17-11-6-13-19-14-11/h1-6,10H,7-8H2/t10-/m1/s1. The Kier molecular flexibility index (Phi) is 3.28. The molecule has 2 aromatic rings. The van der Waals surface area contributed by atoms with Crippen molar-refractivity contribution >= 4 is 23.5 Å². The molecule has 98 valence electrons. The van der Waals surface area contributed by atoms with Crippen LogP contribution in [0.4, 0.5) is 10.5 Å². The molecule has 0 saturated carbocycles. The summed E-state index contributed by atoms with van der Waals surface area (Å²) < 4.78 is 18.4. The van der Waals surface area contributed by atoms with Gasteiger partial charge in [-0.3, -0.25) is 4.90 Å². The highest BCUT2D eigenvalue weighted by Gasteiger charge is 2.34. The van der Waals surface area contributed by atoms with Gasteiger partial charge in [0.1, 0.15) is 25.5 Å². The SMILES string of the molecule is O=C1OC[C@@H](COc2cnsn2)N1c1ccccc1. The first-order valence-electron chi connectivity index (χ1n) is 5.76. The van der Waals surface area contributed by atoms with E-state index in [1.807, 2.05) is 30.3 Å². The van der Waals surface area contributed by atoms with Gasteiger partial charge < -0.3 is 9.47 Å². The smallest absolute Gasteiger partial charge is 0.414 e. The number of amides is 1. The van der Waals surface area contributed by atoms with E-state index in [4.69, 9.17) is 9.47 Å². The van der Waals surface area contributed by atoms with Crippen molar-refractivity contribution in [2.75, 3.05) is 18.1 Å². The molecular formula is C12H11N3O3S. The van der Waals surface area contributed by atoms with E-state index in [-0.39, 0.29) is 12.1 Å². The molecule has 0 N–H and O–H groups in total. The van der Waals surface area contributed by atoms with E-state index in [0.717, 1.165) is 17.4 Å². The number of cyclic esters (lactones) is 1. The van der Waals surface area contributed by atoms with E-state index in [0.29, 0.717) is 19.1 Å². The molecule has 3 rings (SSSR count). The number of carbonyl (C=O) groups is 1. The quantitative estimate of drug-likeness (QED) is 0.854. The minimum atomic E-state index is -0.351. The van der Waals surface area contributed by atoms with Crippen LogP contribution in [0.15, 0.2) is 36.5 Å². The predicted octanol–water partition coefficient (Wildman–Crippen LogP) is 1.94. The van der Waals surface area contributed by atoms with E-state index >= 15 is 0 Å². The minimum Gasteiger partial charge on any atom is -0.474 e. The van der Waals surface area contributed by atoms with Gasteiger partial charge in [-0.1, -0.05) is 18.2 Å². The normalized spacial score (nSPS) is 18.4. The van der Waals surface area contributed by atoms with Crippen molar-refractivity contribution in [2.24, 2.45) is 0 Å². The second-order valence-electron chi connectivity index (χ2n) is 3.99. The third-order valence-corrected chi connectivity index (χ3v) is 3.22. The van der Waals surface area contributed by atoms with Gasteiger partial charge in [-0.25, -0.2) is 4.79 Å². The fraction of sp³-hybridized carbons (Fsp3) is 0.250. The zero-order valence-corrected chi connectivity index (χ0v) is 10.7. The number of carbonyl (C=O) groups excluding carboxylic acids is 1. The van der Waals surface area contributed by atoms with Gasteiger partial charge in [0, 0.05) is 5.69 Å². The van der Waals surface area contributed by atoms with Crippen LogP contribution in [0, 0.1) is 0 Å². The maximum atomic E-state index is 11.8. The molecule has 1 amide bonds. The lowest BCUT2D eigenvalue weighted by molar-refractivity contribution is 0.175. The number of hydrogen-bond donors (Lipinski definition) is 0. The molecule has 0 radical (unpaired) electrons. The molecule has 1 aromatic heterocycles. The van der Waals surface area contributed by atoms with Gasteiger partial charge in [-0.05, 0) is 12.1 Å². The van der Waals surface area contributed by atoms with Crippen LogP contribution in [0.2, 0.25) is 0 Å². The fourth-order valence-corrected chi connectivity index (χ4v) is 2.25. The first-order valence-corrected chi connectivity index (χ1v) is 6.49. The van der Waals surface area contributed by atoms with E-state index in [2.05, 4.69) is 8.75 Å². The number of rotatable bonds is 4. The number of benzene rings is 1. The number of para-hydroxylation sites is 1. The lowest BCUT2D eigenvalue weighted by Gasteiger charge is -2.20. The zero-order chi connectivity index (χ0) is 13.1. The van der Waals surface area contributed by atoms with Gasteiger partial charge in [0.25, 0.3) is 0 Å². The Balaban J connectivity index is 1.72. The highest BCUT2D eigenvalue weighted by atomic mass is 32.1. The van der Waals surface area contributed by atoms with Crippen LogP contribution in [0.25, 0.3) is 0 Å². The summed E-state index contributed by atoms with van der Waals surface area (Å²) >= 11 is 1.08. The third kappa shape index (κ3) is 2.50. The molecule has 0 unspecified atom stereocenters. The summed E-state index contributed by atoms with van der Waals surface area (Å²) in [5.74, 6) is 0.470. The van der Waals surface area contributed by atoms with Gasteiger partial charge in [-0.2, -0.15) is 4.37 Å². The highest BCUT2D eigenvalue weighted by Crippen LogP contribution is 2.23. The van der Waals surface area contributed by atoms with Gasteiger partial charge >= 0.3 is 6.09 Å². The molecule has 7 heteroatoms. The van der Waals surface area contributed by atoms with E-state index < -0.39 is 0 Å². The molecule has 0 bridgehead atoms. The summed E-state index contributed by atoms with van der Waals surface area (Å²) in [6, 6.07) is 9.23. The lowest BCUT2D eigenvalue weighted by atomic mass is 10.2. The molecule has 0 spiro atoms. The molecule has 6 nitrogen and oxygen atoms in total. The maximum absolute atomic E-state index is 11.8. The van der Waals surface area contributed by atoms with Crippen LogP contribution < -0.4 is 9.64 Å². The number of aromatic nitrogens is 2. The first-order chi connectivity index (χ1) is 9.34. The third-order valence-electron chi connectivity index (χ3n) is 2.76. The second-order valence-corrected chi connectivity index (χ2v) is 4.55. The lowest BCUT2D eigenvalue weighted by Crippen LogP contribution is -2.37. The Morgan fingerprint density at radius 3 is 3.00 bits per heavy atom. The molecule has 0 aliphatic carbocycles. The number of anilines is 1. The molecule has 1 fully saturated rings. The summed E-state index contributed by atoms with van der Waals surface area (Å²) in [4.78, 5) is 13.4. The van der Waals surface area contributed by atoms with Crippen LogP contribution in [0.1, 0.15) is 0 Å². The van der Waals surface area contributed by atoms with Crippen molar-refractivity contribution in [1.82, 2.24) is 8.75 Å². The van der Waals surface area contributed by atoms with Crippen LogP contribution in [-0.4, -0.2) is 34.1 Å². The van der Waals surface area contributed by atoms with Gasteiger partial charge in [0.05, 0.1) is 11.7 Å². The zero-order valence-electron chi connectivity index (χ0n) is 9.93. The highest BCUT2D eigenvalue weighted by molar-refractivity contribution is 6.99. The number of ether oxygens (including phenoxy) is 2. The van der Waals surface area contributed by atoms with Crippen molar-refractivity contribution in [3.8, 4) is 5.88 Å². The minimum absolute atomic E-state index is 0.156. The molecule has 1 aliphatic rings. The summed E-state index contributed by atoms with van der Waals surface area (Å²) in [6.07, 6.45) is 1.20. The average Bonchev–Trinajstić information content (AvgIpc) is 3.07. The van der Waals surface area contributed by atoms with Crippen molar-refractivity contribution in [3.63, 3.8) is 0 Å². The average molecular weight is 277 g/mol. The first kappa shape index (κ1) is 11.9. The van der Waals surface area contributed by atoms with Crippen molar-refractivity contribution in [2.45, 2.75) is 6.04 Å². The molecule has 1 aromatic carbocycles. The Hall–Kier alpha value is -2.15. The molecular weight excluding hydrogens is 266 g/mol.